The molecule has 0 saturated carbocycles. The highest BCUT2D eigenvalue weighted by Gasteiger charge is 2.05. The van der Waals surface area contributed by atoms with Gasteiger partial charge in [0.2, 0.25) is 0 Å². The highest BCUT2D eigenvalue weighted by atomic mass is 16.5. The second-order valence-electron chi connectivity index (χ2n) is 4.61. The highest BCUT2D eigenvalue weighted by Crippen LogP contribution is 2.14. The Hall–Kier alpha value is -1.55. The maximum Gasteiger partial charge on any atom is 0.259 e. The third kappa shape index (κ3) is 5.19. The molecule has 0 aliphatic heterocycles. The minimum absolute atomic E-state index is 0.0556. The van der Waals surface area contributed by atoms with Crippen molar-refractivity contribution in [1.29, 1.82) is 0 Å². The van der Waals surface area contributed by atoms with Crippen molar-refractivity contribution in [2.45, 2.75) is 25.9 Å². The van der Waals surface area contributed by atoms with Crippen LogP contribution in [-0.2, 0) is 11.2 Å². The van der Waals surface area contributed by atoms with Gasteiger partial charge in [-0.3, -0.25) is 4.79 Å². The van der Waals surface area contributed by atoms with E-state index in [1.807, 2.05) is 24.3 Å². The molecule has 100 valence electrons. The Labute approximate surface area is 108 Å². The van der Waals surface area contributed by atoms with Crippen LogP contribution in [0.4, 0.5) is 0 Å². The molecule has 0 aromatic heterocycles. The van der Waals surface area contributed by atoms with Crippen molar-refractivity contribution in [2.75, 3.05) is 20.7 Å². The topological polar surface area (TPSA) is 49.8 Å². The average Bonchev–Trinajstić information content (AvgIpc) is 2.34. The van der Waals surface area contributed by atoms with Gasteiger partial charge in [0.1, 0.15) is 5.75 Å². The monoisotopic (exact) mass is 251 g/mol. The van der Waals surface area contributed by atoms with Gasteiger partial charge in [-0.25, -0.2) is 0 Å². The molecule has 0 bridgehead atoms. The molecule has 0 aliphatic rings. The zero-order chi connectivity index (χ0) is 13.5. The first-order chi connectivity index (χ1) is 8.49. The highest BCUT2D eigenvalue weighted by molar-refractivity contribution is 5.77. The Morgan fingerprint density at radius 3 is 2.44 bits per heavy atom. The molecule has 1 rings (SSSR count). The van der Waals surface area contributed by atoms with Crippen LogP contribution in [0.3, 0.4) is 0 Å². The molecular weight excluding hydrogens is 230 g/mol. The van der Waals surface area contributed by atoms with Crippen molar-refractivity contribution in [3.63, 3.8) is 0 Å². The van der Waals surface area contributed by atoms with Gasteiger partial charge in [0.25, 0.3) is 5.91 Å². The van der Waals surface area contributed by atoms with Crippen molar-refractivity contribution < 1.29 is 14.6 Å². The molecule has 0 fully saturated rings. The number of hydrogen-bond acceptors (Lipinski definition) is 3. The Kier molecular flexibility index (Phi) is 5.65. The van der Waals surface area contributed by atoms with Gasteiger partial charge in [-0.15, -0.1) is 0 Å². The first kappa shape index (κ1) is 14.5. The van der Waals surface area contributed by atoms with E-state index in [2.05, 4.69) is 0 Å². The number of likely N-dealkylation sites (N-methyl/N-ethyl adjacent to an activating group) is 1. The number of amides is 1. The summed E-state index contributed by atoms with van der Waals surface area (Å²) in [7, 11) is 3.40. The summed E-state index contributed by atoms with van der Waals surface area (Å²) >= 11 is 0. The van der Waals surface area contributed by atoms with Crippen LogP contribution >= 0.6 is 0 Å². The van der Waals surface area contributed by atoms with Crippen LogP contribution in [0.5, 0.6) is 5.75 Å². The maximum absolute atomic E-state index is 11.3. The number of benzene rings is 1. The third-order valence-electron chi connectivity index (χ3n) is 2.64. The average molecular weight is 251 g/mol. The molecule has 1 N–H and O–H groups in total. The predicted molar refractivity (Wildman–Crippen MR) is 70.6 cm³/mol. The van der Waals surface area contributed by atoms with Crippen LogP contribution in [0.1, 0.15) is 18.9 Å². The second-order valence-corrected chi connectivity index (χ2v) is 4.61. The van der Waals surface area contributed by atoms with E-state index in [0.29, 0.717) is 5.75 Å². The molecule has 0 aliphatic carbocycles. The van der Waals surface area contributed by atoms with Crippen LogP contribution in [0, 0.1) is 0 Å². The van der Waals surface area contributed by atoms with Crippen molar-refractivity contribution in [1.82, 2.24) is 4.90 Å². The van der Waals surface area contributed by atoms with Crippen molar-refractivity contribution in [3.05, 3.63) is 29.8 Å². The quantitative estimate of drug-likeness (QED) is 0.833. The molecule has 0 radical (unpaired) electrons. The van der Waals surface area contributed by atoms with E-state index in [9.17, 15) is 9.90 Å². The van der Waals surface area contributed by atoms with Crippen LogP contribution in [0.15, 0.2) is 24.3 Å². The summed E-state index contributed by atoms with van der Waals surface area (Å²) in [5.74, 6) is 0.624. The third-order valence-corrected chi connectivity index (χ3v) is 2.64. The summed E-state index contributed by atoms with van der Waals surface area (Å²) in [6.07, 6.45) is 1.31. The minimum Gasteiger partial charge on any atom is -0.484 e. The SMILES string of the molecule is CC(O)CCc1ccc(OCC(=O)N(C)C)cc1. The molecule has 4 nitrogen and oxygen atoms in total. The van der Waals surface area contributed by atoms with Crippen LogP contribution < -0.4 is 4.74 Å². The van der Waals surface area contributed by atoms with Crippen molar-refractivity contribution in [3.8, 4) is 5.75 Å². The summed E-state index contributed by atoms with van der Waals surface area (Å²) < 4.78 is 5.37. The van der Waals surface area contributed by atoms with Gasteiger partial charge in [-0.1, -0.05) is 12.1 Å². The molecule has 0 heterocycles. The van der Waals surface area contributed by atoms with Gasteiger partial charge in [0.15, 0.2) is 6.61 Å². The number of nitrogens with zero attached hydrogens (tertiary/aromatic N) is 1. The number of hydrogen-bond donors (Lipinski definition) is 1. The van der Waals surface area contributed by atoms with E-state index in [4.69, 9.17) is 4.74 Å². The molecule has 1 aromatic carbocycles. The zero-order valence-corrected chi connectivity index (χ0v) is 11.2. The molecule has 18 heavy (non-hydrogen) atoms. The lowest BCUT2D eigenvalue weighted by molar-refractivity contribution is -0.130. The molecule has 1 amide bonds. The van der Waals surface area contributed by atoms with Gasteiger partial charge in [-0.2, -0.15) is 0 Å². The Balaban J connectivity index is 2.43. The zero-order valence-electron chi connectivity index (χ0n) is 11.2. The Bertz CT molecular complexity index is 371. The largest absolute Gasteiger partial charge is 0.484 e. The van der Waals surface area contributed by atoms with E-state index in [-0.39, 0.29) is 18.6 Å². The number of aryl methyl sites for hydroxylation is 1. The molecular formula is C14H21NO3. The molecule has 0 spiro atoms. The van der Waals surface area contributed by atoms with Gasteiger partial charge >= 0.3 is 0 Å². The van der Waals surface area contributed by atoms with E-state index in [0.717, 1.165) is 18.4 Å². The normalized spacial score (nSPS) is 12.0. The molecule has 0 saturated heterocycles. The number of carbonyl (C=O) groups is 1. The molecule has 4 heteroatoms. The lowest BCUT2D eigenvalue weighted by Crippen LogP contribution is -2.27. The summed E-state index contributed by atoms with van der Waals surface area (Å²) in [6, 6.07) is 7.61. The van der Waals surface area contributed by atoms with Crippen LogP contribution in [0.25, 0.3) is 0 Å². The van der Waals surface area contributed by atoms with Crippen LogP contribution in [0.2, 0.25) is 0 Å². The standard InChI is InChI=1S/C14H21NO3/c1-11(16)4-5-12-6-8-13(9-7-12)18-10-14(17)15(2)3/h6-9,11,16H,4-5,10H2,1-3H3. The predicted octanol–water partition coefficient (Wildman–Crippen LogP) is 1.47. The smallest absolute Gasteiger partial charge is 0.259 e. The summed E-state index contributed by atoms with van der Waals surface area (Å²) in [5, 5.41) is 9.20. The van der Waals surface area contributed by atoms with E-state index < -0.39 is 0 Å². The van der Waals surface area contributed by atoms with E-state index in [1.165, 1.54) is 4.90 Å². The number of ether oxygens (including phenoxy) is 1. The number of aliphatic hydroxyl groups is 1. The van der Waals surface area contributed by atoms with Gasteiger partial charge in [0.05, 0.1) is 6.10 Å². The Morgan fingerprint density at radius 1 is 1.33 bits per heavy atom. The fraction of sp³-hybridized carbons (Fsp3) is 0.500. The van der Waals surface area contributed by atoms with Gasteiger partial charge in [-0.05, 0) is 37.5 Å². The fourth-order valence-corrected chi connectivity index (χ4v) is 1.40. The summed E-state index contributed by atoms with van der Waals surface area (Å²) in [4.78, 5) is 12.8. The maximum atomic E-state index is 11.3. The number of rotatable bonds is 6. The summed E-state index contributed by atoms with van der Waals surface area (Å²) in [5.41, 5.74) is 1.15. The minimum atomic E-state index is -0.279. The van der Waals surface area contributed by atoms with Gasteiger partial charge in [0, 0.05) is 14.1 Å². The fourth-order valence-electron chi connectivity index (χ4n) is 1.40. The molecule has 1 aromatic rings. The van der Waals surface area contributed by atoms with E-state index in [1.54, 1.807) is 21.0 Å². The molecule has 1 atom stereocenters. The number of carbonyl (C=O) groups excluding carboxylic acids is 1. The second kappa shape index (κ2) is 7.01. The molecule has 1 unspecified atom stereocenters. The lowest BCUT2D eigenvalue weighted by atomic mass is 10.1. The Morgan fingerprint density at radius 2 is 1.94 bits per heavy atom. The van der Waals surface area contributed by atoms with Crippen LogP contribution in [-0.4, -0.2) is 42.7 Å². The number of aliphatic hydroxyl groups excluding tert-OH is 1. The lowest BCUT2D eigenvalue weighted by Gasteiger charge is -2.11. The van der Waals surface area contributed by atoms with Crippen molar-refractivity contribution in [2.24, 2.45) is 0 Å². The van der Waals surface area contributed by atoms with E-state index >= 15 is 0 Å². The first-order valence-electron chi connectivity index (χ1n) is 6.09. The summed E-state index contributed by atoms with van der Waals surface area (Å²) in [6.45, 7) is 1.84. The first-order valence-corrected chi connectivity index (χ1v) is 6.09. The van der Waals surface area contributed by atoms with Crippen molar-refractivity contribution >= 4 is 5.91 Å². The van der Waals surface area contributed by atoms with Gasteiger partial charge < -0.3 is 14.7 Å².